The summed E-state index contributed by atoms with van der Waals surface area (Å²) in [5.74, 6) is 1.07. The number of hydrogen-bond acceptors (Lipinski definition) is 2. The lowest BCUT2D eigenvalue weighted by Gasteiger charge is -2.32. The summed E-state index contributed by atoms with van der Waals surface area (Å²) >= 11 is 0. The molecule has 0 heterocycles. The Morgan fingerprint density at radius 2 is 1.86 bits per heavy atom. The van der Waals surface area contributed by atoms with Crippen LogP contribution in [-0.4, -0.2) is 19.7 Å². The predicted octanol–water partition coefficient (Wildman–Crippen LogP) is 4.66. The number of hydrogen-bond donors (Lipinski definition) is 1. The fourth-order valence-corrected chi connectivity index (χ4v) is 2.79. The smallest absolute Gasteiger partial charge is 0.125 e. The van der Waals surface area contributed by atoms with Crippen LogP contribution in [0.4, 0.5) is 0 Å². The Labute approximate surface area is 131 Å². The third-order valence-corrected chi connectivity index (χ3v) is 4.35. The van der Waals surface area contributed by atoms with Gasteiger partial charge in [-0.15, -0.1) is 0 Å². The SMILES string of the molecule is CCCNC(CCc1ccc(C)c(C)c1OC)C(C)(C)C. The number of nitrogens with one attached hydrogen (secondary N) is 1. The second-order valence-electron chi connectivity index (χ2n) is 7.11. The molecule has 0 aliphatic carbocycles. The van der Waals surface area contributed by atoms with Crippen LogP contribution < -0.4 is 10.1 Å². The Morgan fingerprint density at radius 1 is 1.19 bits per heavy atom. The highest BCUT2D eigenvalue weighted by atomic mass is 16.5. The summed E-state index contributed by atoms with van der Waals surface area (Å²) in [6, 6.07) is 4.96. The highest BCUT2D eigenvalue weighted by Crippen LogP contribution is 2.29. The molecule has 1 aromatic carbocycles. The quantitative estimate of drug-likeness (QED) is 0.789. The lowest BCUT2D eigenvalue weighted by Crippen LogP contribution is -2.41. The monoisotopic (exact) mass is 291 g/mol. The Hall–Kier alpha value is -1.02. The second-order valence-corrected chi connectivity index (χ2v) is 7.11. The molecule has 0 aliphatic rings. The molecule has 0 amide bonds. The maximum Gasteiger partial charge on any atom is 0.125 e. The maximum atomic E-state index is 5.64. The van der Waals surface area contributed by atoms with Crippen LogP contribution in [-0.2, 0) is 6.42 Å². The number of rotatable bonds is 7. The molecule has 120 valence electrons. The fraction of sp³-hybridized carbons (Fsp3) is 0.684. The van der Waals surface area contributed by atoms with Crippen molar-refractivity contribution in [2.24, 2.45) is 5.41 Å². The summed E-state index contributed by atoms with van der Waals surface area (Å²) in [6.45, 7) is 14.6. The highest BCUT2D eigenvalue weighted by Gasteiger charge is 2.24. The van der Waals surface area contributed by atoms with Gasteiger partial charge in [-0.1, -0.05) is 39.8 Å². The van der Waals surface area contributed by atoms with Gasteiger partial charge in [-0.3, -0.25) is 0 Å². The minimum absolute atomic E-state index is 0.280. The van der Waals surface area contributed by atoms with Crippen molar-refractivity contribution in [1.82, 2.24) is 5.32 Å². The molecular formula is C19H33NO. The molecule has 0 saturated carbocycles. The third kappa shape index (κ3) is 5.03. The lowest BCUT2D eigenvalue weighted by atomic mass is 9.83. The van der Waals surface area contributed by atoms with Gasteiger partial charge >= 0.3 is 0 Å². The largest absolute Gasteiger partial charge is 0.496 e. The normalized spacial score (nSPS) is 13.3. The minimum atomic E-state index is 0.280. The Bertz CT molecular complexity index is 446. The molecule has 0 aromatic heterocycles. The molecule has 2 heteroatoms. The van der Waals surface area contributed by atoms with Gasteiger partial charge in [-0.25, -0.2) is 0 Å². The fourth-order valence-electron chi connectivity index (χ4n) is 2.79. The van der Waals surface area contributed by atoms with Gasteiger partial charge in [0.15, 0.2) is 0 Å². The topological polar surface area (TPSA) is 21.3 Å². The van der Waals surface area contributed by atoms with E-state index in [0.717, 1.165) is 25.1 Å². The van der Waals surface area contributed by atoms with E-state index < -0.39 is 0 Å². The molecule has 21 heavy (non-hydrogen) atoms. The van der Waals surface area contributed by atoms with E-state index in [2.05, 4.69) is 59.0 Å². The minimum Gasteiger partial charge on any atom is -0.496 e. The van der Waals surface area contributed by atoms with Crippen LogP contribution in [0.5, 0.6) is 5.75 Å². The van der Waals surface area contributed by atoms with Crippen molar-refractivity contribution in [2.75, 3.05) is 13.7 Å². The summed E-state index contributed by atoms with van der Waals surface area (Å²) in [5.41, 5.74) is 4.17. The zero-order valence-electron chi connectivity index (χ0n) is 15.0. The predicted molar refractivity (Wildman–Crippen MR) is 92.3 cm³/mol. The summed E-state index contributed by atoms with van der Waals surface area (Å²) in [4.78, 5) is 0. The molecule has 0 fully saturated rings. The van der Waals surface area contributed by atoms with E-state index in [4.69, 9.17) is 4.74 Å². The van der Waals surface area contributed by atoms with Gasteiger partial charge in [0.2, 0.25) is 0 Å². The van der Waals surface area contributed by atoms with Crippen molar-refractivity contribution >= 4 is 0 Å². The molecule has 0 bridgehead atoms. The summed E-state index contributed by atoms with van der Waals surface area (Å²) in [7, 11) is 1.78. The zero-order chi connectivity index (χ0) is 16.0. The molecular weight excluding hydrogens is 258 g/mol. The van der Waals surface area contributed by atoms with Crippen LogP contribution in [0.15, 0.2) is 12.1 Å². The molecule has 0 saturated heterocycles. The molecule has 1 N–H and O–H groups in total. The van der Waals surface area contributed by atoms with Crippen LogP contribution >= 0.6 is 0 Å². The van der Waals surface area contributed by atoms with E-state index in [1.54, 1.807) is 7.11 Å². The Morgan fingerprint density at radius 3 is 2.38 bits per heavy atom. The molecule has 1 unspecified atom stereocenters. The number of benzene rings is 1. The summed E-state index contributed by atoms with van der Waals surface area (Å²) in [5, 5.41) is 3.70. The van der Waals surface area contributed by atoms with Gasteiger partial charge in [0, 0.05) is 6.04 Å². The van der Waals surface area contributed by atoms with E-state index in [-0.39, 0.29) is 5.41 Å². The standard InChI is InChI=1S/C19H33NO/c1-8-13-20-17(19(4,5)6)12-11-16-10-9-14(2)15(3)18(16)21-7/h9-10,17,20H,8,11-13H2,1-7H3. The Kier molecular flexibility index (Phi) is 6.73. The average Bonchev–Trinajstić information content (AvgIpc) is 2.41. The summed E-state index contributed by atoms with van der Waals surface area (Å²) < 4.78 is 5.64. The Balaban J connectivity index is 2.83. The van der Waals surface area contributed by atoms with Crippen molar-refractivity contribution in [3.63, 3.8) is 0 Å². The number of ether oxygens (including phenoxy) is 1. The van der Waals surface area contributed by atoms with E-state index in [1.807, 2.05) is 0 Å². The number of aryl methyl sites for hydroxylation is 2. The maximum absolute atomic E-state index is 5.64. The van der Waals surface area contributed by atoms with Crippen molar-refractivity contribution in [1.29, 1.82) is 0 Å². The van der Waals surface area contributed by atoms with Gasteiger partial charge in [0.25, 0.3) is 0 Å². The van der Waals surface area contributed by atoms with Crippen LogP contribution in [0.2, 0.25) is 0 Å². The third-order valence-electron chi connectivity index (χ3n) is 4.35. The van der Waals surface area contributed by atoms with E-state index >= 15 is 0 Å². The molecule has 2 nitrogen and oxygen atoms in total. The van der Waals surface area contributed by atoms with Crippen LogP contribution in [0, 0.1) is 19.3 Å². The zero-order valence-corrected chi connectivity index (χ0v) is 15.0. The van der Waals surface area contributed by atoms with Gasteiger partial charge < -0.3 is 10.1 Å². The molecule has 0 spiro atoms. The van der Waals surface area contributed by atoms with Crippen molar-refractivity contribution < 1.29 is 4.74 Å². The van der Waals surface area contributed by atoms with E-state index in [0.29, 0.717) is 6.04 Å². The second kappa shape index (κ2) is 7.84. The first-order chi connectivity index (χ1) is 9.81. The molecule has 1 rings (SSSR count). The molecule has 0 radical (unpaired) electrons. The number of methoxy groups -OCH3 is 1. The van der Waals surface area contributed by atoms with Crippen molar-refractivity contribution in [2.45, 2.75) is 66.8 Å². The molecule has 1 atom stereocenters. The average molecular weight is 291 g/mol. The van der Waals surface area contributed by atoms with E-state index in [1.165, 1.54) is 23.1 Å². The van der Waals surface area contributed by atoms with Gasteiger partial charge in [0.1, 0.15) is 5.75 Å². The van der Waals surface area contributed by atoms with Crippen molar-refractivity contribution in [3.8, 4) is 5.75 Å². The van der Waals surface area contributed by atoms with Gasteiger partial charge in [0.05, 0.1) is 7.11 Å². The first-order valence-electron chi connectivity index (χ1n) is 8.17. The highest BCUT2D eigenvalue weighted by molar-refractivity contribution is 5.45. The van der Waals surface area contributed by atoms with Crippen LogP contribution in [0.3, 0.4) is 0 Å². The van der Waals surface area contributed by atoms with Gasteiger partial charge in [-0.2, -0.15) is 0 Å². The first kappa shape index (κ1) is 18.0. The molecule has 0 aliphatic heterocycles. The molecule has 1 aromatic rings. The van der Waals surface area contributed by atoms with E-state index in [9.17, 15) is 0 Å². The van der Waals surface area contributed by atoms with Crippen LogP contribution in [0.25, 0.3) is 0 Å². The van der Waals surface area contributed by atoms with Gasteiger partial charge in [-0.05, 0) is 61.8 Å². The first-order valence-corrected chi connectivity index (χ1v) is 8.17. The summed E-state index contributed by atoms with van der Waals surface area (Å²) in [6.07, 6.45) is 3.38. The van der Waals surface area contributed by atoms with Crippen LogP contribution in [0.1, 0.15) is 57.2 Å². The van der Waals surface area contributed by atoms with Crippen molar-refractivity contribution in [3.05, 3.63) is 28.8 Å². The lowest BCUT2D eigenvalue weighted by molar-refractivity contribution is 0.254.